The Morgan fingerprint density at radius 3 is 2.46 bits per heavy atom. The molecule has 26 heavy (non-hydrogen) atoms. The Morgan fingerprint density at radius 2 is 1.69 bits per heavy atom. The number of nitrogens with one attached hydrogen (secondary N) is 1. The minimum Gasteiger partial charge on any atom is -0.488 e. The number of rotatable bonds is 6. The summed E-state index contributed by atoms with van der Waals surface area (Å²) in [6.45, 7) is 0.335. The van der Waals surface area contributed by atoms with Crippen molar-refractivity contribution in [3.05, 3.63) is 100 Å². The zero-order valence-corrected chi connectivity index (χ0v) is 13.8. The smallest absolute Gasteiger partial charge is 0.271 e. The molecule has 0 saturated carbocycles. The summed E-state index contributed by atoms with van der Waals surface area (Å²) >= 11 is 0. The highest BCUT2D eigenvalue weighted by Gasteiger charge is 2.14. The number of carbonyl (C=O) groups excluding carboxylic acids is 1. The summed E-state index contributed by atoms with van der Waals surface area (Å²) in [5, 5.41) is 13.5. The second-order valence-corrected chi connectivity index (χ2v) is 5.53. The van der Waals surface area contributed by atoms with E-state index in [2.05, 4.69) is 5.32 Å². The van der Waals surface area contributed by atoms with Gasteiger partial charge in [-0.3, -0.25) is 14.9 Å². The normalized spacial score (nSPS) is 10.2. The number of carbonyl (C=O) groups is 1. The molecule has 0 heterocycles. The van der Waals surface area contributed by atoms with E-state index in [1.54, 1.807) is 30.3 Å². The predicted molar refractivity (Wildman–Crippen MR) is 98.3 cm³/mol. The van der Waals surface area contributed by atoms with Gasteiger partial charge in [-0.2, -0.15) is 0 Å². The van der Waals surface area contributed by atoms with E-state index < -0.39 is 10.8 Å². The van der Waals surface area contributed by atoms with E-state index in [1.165, 1.54) is 18.2 Å². The van der Waals surface area contributed by atoms with E-state index in [-0.39, 0.29) is 5.69 Å². The second-order valence-electron chi connectivity index (χ2n) is 5.53. The van der Waals surface area contributed by atoms with Crippen molar-refractivity contribution in [2.24, 2.45) is 0 Å². The Labute approximate surface area is 150 Å². The van der Waals surface area contributed by atoms with Gasteiger partial charge >= 0.3 is 0 Å². The van der Waals surface area contributed by atoms with Crippen molar-refractivity contribution in [2.75, 3.05) is 5.32 Å². The molecule has 6 nitrogen and oxygen atoms in total. The van der Waals surface area contributed by atoms with E-state index >= 15 is 0 Å². The molecule has 1 N–H and O–H groups in total. The first-order valence-corrected chi connectivity index (χ1v) is 7.95. The predicted octanol–water partition coefficient (Wildman–Crippen LogP) is 4.43. The number of nitro groups is 1. The van der Waals surface area contributed by atoms with Gasteiger partial charge in [0.25, 0.3) is 11.6 Å². The number of amides is 1. The van der Waals surface area contributed by atoms with Crippen molar-refractivity contribution in [1.82, 2.24) is 0 Å². The molecule has 3 aromatic carbocycles. The highest BCUT2D eigenvalue weighted by Crippen LogP contribution is 2.22. The highest BCUT2D eigenvalue weighted by molar-refractivity contribution is 6.06. The molecule has 6 heteroatoms. The molecule has 0 fully saturated rings. The average Bonchev–Trinajstić information content (AvgIpc) is 2.67. The molecule has 3 aromatic rings. The maximum Gasteiger partial charge on any atom is 0.271 e. The number of hydrogen-bond donors (Lipinski definition) is 1. The maximum atomic E-state index is 12.6. The van der Waals surface area contributed by atoms with E-state index in [1.807, 2.05) is 30.3 Å². The van der Waals surface area contributed by atoms with Gasteiger partial charge in [0.1, 0.15) is 12.4 Å². The first kappa shape index (κ1) is 17.2. The van der Waals surface area contributed by atoms with Crippen molar-refractivity contribution >= 4 is 17.3 Å². The Balaban J connectivity index is 1.75. The highest BCUT2D eigenvalue weighted by atomic mass is 16.6. The van der Waals surface area contributed by atoms with Crippen LogP contribution in [0.5, 0.6) is 5.75 Å². The number of nitro benzene ring substituents is 1. The summed E-state index contributed by atoms with van der Waals surface area (Å²) < 4.78 is 5.77. The van der Waals surface area contributed by atoms with E-state index in [0.29, 0.717) is 23.6 Å². The molecular formula is C20H16N2O4. The molecule has 0 aliphatic heterocycles. The number of anilines is 1. The molecule has 0 aromatic heterocycles. The van der Waals surface area contributed by atoms with Crippen LogP contribution in [-0.2, 0) is 6.61 Å². The van der Waals surface area contributed by atoms with Crippen LogP contribution in [0.2, 0.25) is 0 Å². The third kappa shape index (κ3) is 4.24. The van der Waals surface area contributed by atoms with Gasteiger partial charge in [-0.05, 0) is 23.8 Å². The van der Waals surface area contributed by atoms with Crippen LogP contribution < -0.4 is 10.1 Å². The monoisotopic (exact) mass is 348 g/mol. The minimum atomic E-state index is -0.507. The van der Waals surface area contributed by atoms with Crippen LogP contribution in [0.1, 0.15) is 15.9 Å². The van der Waals surface area contributed by atoms with Crippen LogP contribution in [0.3, 0.4) is 0 Å². The SMILES string of the molecule is O=C(Nc1cccc([N+](=O)[O-])c1)c1ccccc1OCc1ccccc1. The van der Waals surface area contributed by atoms with Crippen molar-refractivity contribution < 1.29 is 14.5 Å². The summed E-state index contributed by atoms with van der Waals surface area (Å²) in [5.41, 5.74) is 1.61. The number of non-ortho nitro benzene ring substituents is 1. The lowest BCUT2D eigenvalue weighted by Gasteiger charge is -2.12. The van der Waals surface area contributed by atoms with Crippen molar-refractivity contribution in [3.8, 4) is 5.75 Å². The van der Waals surface area contributed by atoms with Crippen molar-refractivity contribution in [1.29, 1.82) is 0 Å². The molecule has 1 amide bonds. The van der Waals surface area contributed by atoms with Gasteiger partial charge in [0, 0.05) is 17.8 Å². The first-order chi connectivity index (χ1) is 12.6. The largest absolute Gasteiger partial charge is 0.488 e. The Bertz CT molecular complexity index is 926. The lowest BCUT2D eigenvalue weighted by Crippen LogP contribution is -2.13. The third-order valence-electron chi connectivity index (χ3n) is 3.68. The van der Waals surface area contributed by atoms with Crippen molar-refractivity contribution in [3.63, 3.8) is 0 Å². The van der Waals surface area contributed by atoms with Gasteiger partial charge in [-0.1, -0.05) is 48.5 Å². The minimum absolute atomic E-state index is 0.0867. The molecule has 3 rings (SSSR count). The fraction of sp³-hybridized carbons (Fsp3) is 0.0500. The molecule has 0 saturated heterocycles. The molecular weight excluding hydrogens is 332 g/mol. The number of benzene rings is 3. The maximum absolute atomic E-state index is 12.6. The Kier molecular flexibility index (Phi) is 5.24. The van der Waals surface area contributed by atoms with Crippen LogP contribution >= 0.6 is 0 Å². The number of nitrogens with zero attached hydrogens (tertiary/aromatic N) is 1. The molecule has 0 spiro atoms. The molecule has 0 bridgehead atoms. The van der Waals surface area contributed by atoms with E-state index in [9.17, 15) is 14.9 Å². The molecule has 0 aliphatic rings. The van der Waals surface area contributed by atoms with E-state index in [0.717, 1.165) is 5.56 Å². The van der Waals surface area contributed by atoms with Crippen LogP contribution in [0, 0.1) is 10.1 Å². The van der Waals surface area contributed by atoms with Crippen LogP contribution in [-0.4, -0.2) is 10.8 Å². The van der Waals surface area contributed by atoms with Gasteiger partial charge in [0.15, 0.2) is 0 Å². The number of ether oxygens (including phenoxy) is 1. The van der Waals surface area contributed by atoms with Gasteiger partial charge in [0.2, 0.25) is 0 Å². The lowest BCUT2D eigenvalue weighted by molar-refractivity contribution is -0.384. The summed E-state index contributed by atoms with van der Waals surface area (Å²) in [7, 11) is 0. The molecule has 0 radical (unpaired) electrons. The standard InChI is InChI=1S/C20H16N2O4/c23-20(21-16-9-6-10-17(13-16)22(24)25)18-11-4-5-12-19(18)26-14-15-7-2-1-3-8-15/h1-13H,14H2,(H,21,23). The van der Waals surface area contributed by atoms with Crippen LogP contribution in [0.25, 0.3) is 0 Å². The van der Waals surface area contributed by atoms with Crippen LogP contribution in [0.4, 0.5) is 11.4 Å². The van der Waals surface area contributed by atoms with Gasteiger partial charge < -0.3 is 10.1 Å². The fourth-order valence-electron chi connectivity index (χ4n) is 2.41. The van der Waals surface area contributed by atoms with Gasteiger partial charge in [0.05, 0.1) is 10.5 Å². The first-order valence-electron chi connectivity index (χ1n) is 7.95. The zero-order valence-electron chi connectivity index (χ0n) is 13.8. The molecule has 0 unspecified atom stereocenters. The van der Waals surface area contributed by atoms with E-state index in [4.69, 9.17) is 4.74 Å². The summed E-state index contributed by atoms with van der Waals surface area (Å²) in [6.07, 6.45) is 0. The molecule has 130 valence electrons. The summed E-state index contributed by atoms with van der Waals surface area (Å²) in [5.74, 6) is 0.0495. The lowest BCUT2D eigenvalue weighted by atomic mass is 10.1. The summed E-state index contributed by atoms with van der Waals surface area (Å²) in [4.78, 5) is 22.9. The topological polar surface area (TPSA) is 81.5 Å². The fourth-order valence-corrected chi connectivity index (χ4v) is 2.41. The summed E-state index contributed by atoms with van der Waals surface area (Å²) in [6, 6.07) is 22.3. The Hall–Kier alpha value is -3.67. The number of hydrogen-bond acceptors (Lipinski definition) is 4. The van der Waals surface area contributed by atoms with Gasteiger partial charge in [-0.25, -0.2) is 0 Å². The second kappa shape index (κ2) is 7.94. The van der Waals surface area contributed by atoms with Gasteiger partial charge in [-0.15, -0.1) is 0 Å². The average molecular weight is 348 g/mol. The molecule has 0 aliphatic carbocycles. The number of para-hydroxylation sites is 1. The Morgan fingerprint density at radius 1 is 0.962 bits per heavy atom. The molecule has 0 atom stereocenters. The quantitative estimate of drug-likeness (QED) is 0.528. The van der Waals surface area contributed by atoms with Crippen molar-refractivity contribution in [2.45, 2.75) is 6.61 Å². The van der Waals surface area contributed by atoms with Crippen LogP contribution in [0.15, 0.2) is 78.9 Å². The third-order valence-corrected chi connectivity index (χ3v) is 3.68. The zero-order chi connectivity index (χ0) is 18.4.